The minimum absolute atomic E-state index is 0.0411. The Balaban J connectivity index is 2.19. The van der Waals surface area contributed by atoms with Gasteiger partial charge in [-0.1, -0.05) is 20.8 Å². The van der Waals surface area contributed by atoms with Crippen LogP contribution in [0.2, 0.25) is 0 Å². The largest absolute Gasteiger partial charge is 0.354 e. The zero-order valence-corrected chi connectivity index (χ0v) is 14.4. The summed E-state index contributed by atoms with van der Waals surface area (Å²) in [6.45, 7) is 6.55. The molecule has 0 bridgehead atoms. The number of likely N-dealkylation sites (tertiary alicyclic amines) is 1. The van der Waals surface area contributed by atoms with Gasteiger partial charge < -0.3 is 10.2 Å². The molecule has 1 saturated heterocycles. The van der Waals surface area contributed by atoms with Crippen LogP contribution in [0.4, 0.5) is 0 Å². The van der Waals surface area contributed by atoms with Gasteiger partial charge >= 0.3 is 0 Å². The lowest BCUT2D eigenvalue weighted by molar-refractivity contribution is -0.139. The molecule has 4 amide bonds. The van der Waals surface area contributed by atoms with Crippen LogP contribution in [-0.2, 0) is 19.2 Å². The first kappa shape index (κ1) is 19.1. The van der Waals surface area contributed by atoms with Gasteiger partial charge in [-0.15, -0.1) is 0 Å². The maximum Gasteiger partial charge on any atom is 0.232 e. The van der Waals surface area contributed by atoms with Crippen LogP contribution < -0.4 is 5.32 Å². The number of hydrogen-bond donors (Lipinski definition) is 1. The summed E-state index contributed by atoms with van der Waals surface area (Å²) in [7, 11) is 1.71. The van der Waals surface area contributed by atoms with E-state index in [0.29, 0.717) is 26.1 Å². The van der Waals surface area contributed by atoms with Gasteiger partial charge in [-0.05, 0) is 6.42 Å². The minimum Gasteiger partial charge on any atom is -0.354 e. The number of hydrogen-bond acceptors (Lipinski definition) is 4. The summed E-state index contributed by atoms with van der Waals surface area (Å²) in [5.74, 6) is -0.707. The Morgan fingerprint density at radius 1 is 1.35 bits per heavy atom. The van der Waals surface area contributed by atoms with E-state index in [1.807, 2.05) is 13.8 Å². The summed E-state index contributed by atoms with van der Waals surface area (Å²) in [5.41, 5.74) is 0. The fraction of sp³-hybridized carbons (Fsp3) is 0.750. The van der Waals surface area contributed by atoms with Gasteiger partial charge in [-0.3, -0.25) is 24.1 Å². The van der Waals surface area contributed by atoms with Gasteiger partial charge in [0.1, 0.15) is 0 Å². The zero-order valence-electron chi connectivity index (χ0n) is 14.4. The number of rotatable bonds is 8. The van der Waals surface area contributed by atoms with Crippen molar-refractivity contribution in [1.82, 2.24) is 15.1 Å². The summed E-state index contributed by atoms with van der Waals surface area (Å²) in [6, 6.07) is 0. The van der Waals surface area contributed by atoms with Crippen molar-refractivity contribution in [2.45, 2.75) is 40.0 Å². The molecule has 130 valence electrons. The Bertz CT molecular complexity index is 476. The van der Waals surface area contributed by atoms with Gasteiger partial charge in [0.25, 0.3) is 0 Å². The van der Waals surface area contributed by atoms with E-state index in [2.05, 4.69) is 5.32 Å². The molecular formula is C16H27N3O4. The predicted octanol–water partition coefficient (Wildman–Crippen LogP) is 0.392. The lowest BCUT2D eigenvalue weighted by Gasteiger charge is -2.19. The van der Waals surface area contributed by atoms with E-state index in [1.54, 1.807) is 18.9 Å². The van der Waals surface area contributed by atoms with Crippen LogP contribution in [0.25, 0.3) is 0 Å². The van der Waals surface area contributed by atoms with Crippen molar-refractivity contribution in [3.05, 3.63) is 0 Å². The fourth-order valence-electron chi connectivity index (χ4n) is 2.48. The maximum atomic E-state index is 11.7. The van der Waals surface area contributed by atoms with Crippen LogP contribution in [0.5, 0.6) is 0 Å². The third kappa shape index (κ3) is 5.65. The number of nitrogens with zero attached hydrogens (tertiary/aromatic N) is 2. The van der Waals surface area contributed by atoms with Gasteiger partial charge in [-0.25, -0.2) is 0 Å². The average Bonchev–Trinajstić information content (AvgIpc) is 2.72. The van der Waals surface area contributed by atoms with E-state index in [-0.39, 0.29) is 48.3 Å². The Morgan fingerprint density at radius 3 is 2.52 bits per heavy atom. The number of likely N-dealkylation sites (N-methyl/N-ethyl adjacent to an activating group) is 1. The van der Waals surface area contributed by atoms with Gasteiger partial charge in [0.15, 0.2) is 0 Å². The van der Waals surface area contributed by atoms with Crippen LogP contribution in [-0.4, -0.2) is 60.1 Å². The molecule has 0 aromatic carbocycles. The summed E-state index contributed by atoms with van der Waals surface area (Å²) in [4.78, 5) is 49.6. The van der Waals surface area contributed by atoms with Crippen molar-refractivity contribution in [1.29, 1.82) is 0 Å². The third-order valence-corrected chi connectivity index (χ3v) is 3.89. The molecule has 0 aromatic rings. The molecule has 1 fully saturated rings. The quantitative estimate of drug-likeness (QED) is 0.654. The summed E-state index contributed by atoms with van der Waals surface area (Å²) in [6.07, 6.45) is 0.978. The van der Waals surface area contributed by atoms with Crippen LogP contribution >= 0.6 is 0 Å². The van der Waals surface area contributed by atoms with E-state index < -0.39 is 0 Å². The second kappa shape index (κ2) is 8.64. The van der Waals surface area contributed by atoms with E-state index in [9.17, 15) is 19.2 Å². The minimum atomic E-state index is -0.245. The van der Waals surface area contributed by atoms with E-state index in [4.69, 9.17) is 0 Å². The highest BCUT2D eigenvalue weighted by molar-refractivity contribution is 6.03. The van der Waals surface area contributed by atoms with Crippen molar-refractivity contribution < 1.29 is 19.2 Å². The molecule has 1 N–H and O–H groups in total. The van der Waals surface area contributed by atoms with Crippen LogP contribution in [0.1, 0.15) is 40.0 Å². The second-order valence-corrected chi connectivity index (χ2v) is 6.36. The van der Waals surface area contributed by atoms with Crippen molar-refractivity contribution >= 4 is 23.6 Å². The van der Waals surface area contributed by atoms with Crippen LogP contribution in [0, 0.1) is 11.8 Å². The van der Waals surface area contributed by atoms with Crippen molar-refractivity contribution in [3.63, 3.8) is 0 Å². The first-order valence-corrected chi connectivity index (χ1v) is 8.10. The molecule has 0 saturated carbocycles. The Morgan fingerprint density at radius 2 is 2.00 bits per heavy atom. The normalized spacial score (nSPS) is 17.8. The highest BCUT2D eigenvalue weighted by atomic mass is 16.2. The Labute approximate surface area is 137 Å². The summed E-state index contributed by atoms with van der Waals surface area (Å²) >= 11 is 0. The smallest absolute Gasteiger partial charge is 0.232 e. The lowest BCUT2D eigenvalue weighted by atomic mass is 10.1. The van der Waals surface area contributed by atoms with E-state index in [0.717, 1.165) is 0 Å². The van der Waals surface area contributed by atoms with E-state index in [1.165, 1.54) is 4.90 Å². The molecule has 1 aliphatic heterocycles. The lowest BCUT2D eigenvalue weighted by Crippen LogP contribution is -2.38. The highest BCUT2D eigenvalue weighted by Gasteiger charge is 2.34. The monoisotopic (exact) mass is 325 g/mol. The SMILES string of the molecule is CC(C)C(=O)N(C)CCNC(=O)CCCN1C(=O)CC(C)C1=O. The Hall–Kier alpha value is -1.92. The van der Waals surface area contributed by atoms with Crippen molar-refractivity contribution in [3.8, 4) is 0 Å². The molecule has 1 rings (SSSR count). The molecule has 1 aliphatic rings. The second-order valence-electron chi connectivity index (χ2n) is 6.36. The molecule has 1 atom stereocenters. The van der Waals surface area contributed by atoms with Gasteiger partial charge in [-0.2, -0.15) is 0 Å². The molecule has 7 nitrogen and oxygen atoms in total. The van der Waals surface area contributed by atoms with Crippen LogP contribution in [0.15, 0.2) is 0 Å². The van der Waals surface area contributed by atoms with Crippen molar-refractivity contribution in [2.24, 2.45) is 11.8 Å². The number of nitrogens with one attached hydrogen (secondary N) is 1. The zero-order chi connectivity index (χ0) is 17.6. The maximum absolute atomic E-state index is 11.7. The summed E-state index contributed by atoms with van der Waals surface area (Å²) < 4.78 is 0. The molecular weight excluding hydrogens is 298 g/mol. The van der Waals surface area contributed by atoms with Gasteiger partial charge in [0.2, 0.25) is 23.6 Å². The predicted molar refractivity (Wildman–Crippen MR) is 85.2 cm³/mol. The number of carbonyl (C=O) groups excluding carboxylic acids is 4. The summed E-state index contributed by atoms with van der Waals surface area (Å²) in [5, 5.41) is 2.74. The number of amides is 4. The van der Waals surface area contributed by atoms with Gasteiger partial charge in [0, 0.05) is 51.4 Å². The highest BCUT2D eigenvalue weighted by Crippen LogP contribution is 2.18. The van der Waals surface area contributed by atoms with Gasteiger partial charge in [0.05, 0.1) is 0 Å². The molecule has 0 radical (unpaired) electrons. The van der Waals surface area contributed by atoms with Crippen LogP contribution in [0.3, 0.4) is 0 Å². The Kier molecular flexibility index (Phi) is 7.19. The molecule has 0 spiro atoms. The third-order valence-electron chi connectivity index (χ3n) is 3.89. The average molecular weight is 325 g/mol. The molecule has 0 aliphatic carbocycles. The first-order valence-electron chi connectivity index (χ1n) is 8.10. The number of imide groups is 1. The first-order chi connectivity index (χ1) is 10.7. The number of carbonyl (C=O) groups is 4. The van der Waals surface area contributed by atoms with Crippen molar-refractivity contribution in [2.75, 3.05) is 26.7 Å². The van der Waals surface area contributed by atoms with E-state index >= 15 is 0 Å². The molecule has 7 heteroatoms. The topological polar surface area (TPSA) is 86.8 Å². The standard InChI is InChI=1S/C16H27N3O4/c1-11(2)15(22)18(4)9-7-17-13(20)6-5-8-19-14(21)10-12(3)16(19)23/h11-12H,5-10H2,1-4H3,(H,17,20). The molecule has 23 heavy (non-hydrogen) atoms. The molecule has 1 unspecified atom stereocenters. The molecule has 0 aromatic heterocycles. The molecule has 1 heterocycles. The fourth-order valence-corrected chi connectivity index (χ4v) is 2.48.